The number of rotatable bonds is 10. The number of morpholine rings is 1. The molecule has 2 unspecified atom stereocenters. The van der Waals surface area contributed by atoms with Crippen molar-refractivity contribution in [3.05, 3.63) is 30.1 Å². The van der Waals surface area contributed by atoms with Crippen molar-refractivity contribution in [2.75, 3.05) is 52.5 Å². The van der Waals surface area contributed by atoms with Crippen molar-refractivity contribution in [3.8, 4) is 5.75 Å². The summed E-state index contributed by atoms with van der Waals surface area (Å²) in [7, 11) is 0. The molecule has 8 heteroatoms. The highest BCUT2D eigenvalue weighted by atomic mass is 19.1. The molecule has 3 N–H and O–H groups in total. The standard InChI is InChI=1S/C21H35FN4O3/c1-4-23-21(25-14-20(16(2)3)26-9-11-28-12-10-26)24-13-18(27)15-29-19-7-5-17(22)6-8-19/h5-8,16,18,20,27H,4,9-15H2,1-3H3,(H2,23,24,25). The van der Waals surface area contributed by atoms with Crippen molar-refractivity contribution in [2.45, 2.75) is 32.9 Å². The van der Waals surface area contributed by atoms with E-state index in [9.17, 15) is 9.50 Å². The number of hydrogen-bond acceptors (Lipinski definition) is 5. The van der Waals surface area contributed by atoms with Gasteiger partial charge in [-0.1, -0.05) is 13.8 Å². The largest absolute Gasteiger partial charge is 0.491 e. The molecule has 0 amide bonds. The Morgan fingerprint density at radius 2 is 1.93 bits per heavy atom. The number of aliphatic imine (C=N–C) groups is 1. The highest BCUT2D eigenvalue weighted by molar-refractivity contribution is 5.79. The average Bonchev–Trinajstić information content (AvgIpc) is 2.72. The summed E-state index contributed by atoms with van der Waals surface area (Å²) >= 11 is 0. The molecule has 1 aliphatic heterocycles. The van der Waals surface area contributed by atoms with Crippen LogP contribution in [0.3, 0.4) is 0 Å². The average molecular weight is 411 g/mol. The van der Waals surface area contributed by atoms with Gasteiger partial charge in [-0.25, -0.2) is 4.39 Å². The molecular formula is C21H35FN4O3. The zero-order chi connectivity index (χ0) is 21.1. The van der Waals surface area contributed by atoms with Gasteiger partial charge in [0, 0.05) is 32.2 Å². The number of halogens is 1. The van der Waals surface area contributed by atoms with Crippen LogP contribution in [0.25, 0.3) is 0 Å². The molecule has 2 rings (SSSR count). The maximum Gasteiger partial charge on any atom is 0.191 e. The minimum Gasteiger partial charge on any atom is -0.491 e. The molecule has 164 valence electrons. The number of aliphatic hydroxyl groups is 1. The fraction of sp³-hybridized carbons (Fsp3) is 0.667. The van der Waals surface area contributed by atoms with E-state index < -0.39 is 6.10 Å². The Morgan fingerprint density at radius 3 is 2.55 bits per heavy atom. The summed E-state index contributed by atoms with van der Waals surface area (Å²) in [5, 5.41) is 16.6. The third-order valence-corrected chi connectivity index (χ3v) is 4.83. The SMILES string of the molecule is CCNC(=NCC(C(C)C)N1CCOCC1)NCC(O)COc1ccc(F)cc1. The van der Waals surface area contributed by atoms with Gasteiger partial charge in [-0.2, -0.15) is 0 Å². The maximum absolute atomic E-state index is 12.9. The zero-order valence-electron chi connectivity index (χ0n) is 17.7. The van der Waals surface area contributed by atoms with E-state index in [1.54, 1.807) is 12.1 Å². The van der Waals surface area contributed by atoms with Crippen LogP contribution in [0, 0.1) is 11.7 Å². The lowest BCUT2D eigenvalue weighted by Crippen LogP contribution is -2.48. The monoisotopic (exact) mass is 410 g/mol. The summed E-state index contributed by atoms with van der Waals surface area (Å²) in [6, 6.07) is 6.09. The number of nitrogens with one attached hydrogen (secondary N) is 2. The Labute approximate surface area is 173 Å². The summed E-state index contributed by atoms with van der Waals surface area (Å²) in [6.45, 7) is 11.7. The van der Waals surface area contributed by atoms with E-state index >= 15 is 0 Å². The second-order valence-corrected chi connectivity index (χ2v) is 7.48. The first-order valence-electron chi connectivity index (χ1n) is 10.4. The Hall–Kier alpha value is -1.90. The molecule has 0 saturated carbocycles. The molecule has 0 aliphatic carbocycles. The molecule has 1 fully saturated rings. The molecule has 29 heavy (non-hydrogen) atoms. The van der Waals surface area contributed by atoms with Crippen molar-refractivity contribution in [3.63, 3.8) is 0 Å². The van der Waals surface area contributed by atoms with E-state index in [0.717, 1.165) is 32.8 Å². The molecule has 1 heterocycles. The van der Waals surface area contributed by atoms with Gasteiger partial charge in [0.05, 0.1) is 19.8 Å². The van der Waals surface area contributed by atoms with Gasteiger partial charge >= 0.3 is 0 Å². The molecule has 0 aromatic heterocycles. The van der Waals surface area contributed by atoms with Crippen molar-refractivity contribution >= 4 is 5.96 Å². The molecule has 2 atom stereocenters. The molecule has 0 spiro atoms. The van der Waals surface area contributed by atoms with E-state index in [-0.39, 0.29) is 12.4 Å². The van der Waals surface area contributed by atoms with Gasteiger partial charge in [-0.15, -0.1) is 0 Å². The molecule has 1 aromatic rings. The predicted molar refractivity (Wildman–Crippen MR) is 113 cm³/mol. The first kappa shape index (κ1) is 23.4. The van der Waals surface area contributed by atoms with Gasteiger partial charge in [0.15, 0.2) is 5.96 Å². The smallest absolute Gasteiger partial charge is 0.191 e. The van der Waals surface area contributed by atoms with Crippen LogP contribution in [0.4, 0.5) is 4.39 Å². The maximum atomic E-state index is 12.9. The Balaban J connectivity index is 1.82. The lowest BCUT2D eigenvalue weighted by atomic mass is 10.0. The molecule has 1 aromatic carbocycles. The van der Waals surface area contributed by atoms with Gasteiger partial charge in [-0.3, -0.25) is 9.89 Å². The number of hydrogen-bond donors (Lipinski definition) is 3. The van der Waals surface area contributed by atoms with E-state index in [4.69, 9.17) is 14.5 Å². The first-order chi connectivity index (χ1) is 14.0. The van der Waals surface area contributed by atoms with Crippen molar-refractivity contribution in [2.24, 2.45) is 10.9 Å². The molecule has 0 bridgehead atoms. The van der Waals surface area contributed by atoms with Gasteiger partial charge in [0.25, 0.3) is 0 Å². The number of guanidine groups is 1. The molecular weight excluding hydrogens is 375 g/mol. The summed E-state index contributed by atoms with van der Waals surface area (Å²) < 4.78 is 23.9. The van der Waals surface area contributed by atoms with Crippen molar-refractivity contribution in [1.29, 1.82) is 0 Å². The minimum absolute atomic E-state index is 0.112. The molecule has 1 saturated heterocycles. The third-order valence-electron chi connectivity index (χ3n) is 4.83. The highest BCUT2D eigenvalue weighted by Crippen LogP contribution is 2.13. The lowest BCUT2D eigenvalue weighted by molar-refractivity contribution is 0.00866. The molecule has 1 aliphatic rings. The van der Waals surface area contributed by atoms with Crippen LogP contribution in [0.2, 0.25) is 0 Å². The molecule has 7 nitrogen and oxygen atoms in total. The normalized spacial score (nSPS) is 17.8. The van der Waals surface area contributed by atoms with Crippen LogP contribution < -0.4 is 15.4 Å². The van der Waals surface area contributed by atoms with E-state index in [2.05, 4.69) is 29.4 Å². The topological polar surface area (TPSA) is 78.4 Å². The number of aliphatic hydroxyl groups excluding tert-OH is 1. The van der Waals surface area contributed by atoms with Crippen LogP contribution >= 0.6 is 0 Å². The van der Waals surface area contributed by atoms with Gasteiger partial charge in [-0.05, 0) is 37.1 Å². The molecule has 0 radical (unpaired) electrons. The highest BCUT2D eigenvalue weighted by Gasteiger charge is 2.23. The fourth-order valence-corrected chi connectivity index (χ4v) is 3.18. The summed E-state index contributed by atoms with van der Waals surface area (Å²) in [4.78, 5) is 7.17. The van der Waals surface area contributed by atoms with E-state index in [1.165, 1.54) is 12.1 Å². The van der Waals surface area contributed by atoms with Crippen LogP contribution in [-0.2, 0) is 4.74 Å². The Kier molecular flexibility index (Phi) is 10.2. The van der Waals surface area contributed by atoms with Crippen LogP contribution in [0.5, 0.6) is 5.75 Å². The third kappa shape index (κ3) is 8.55. The van der Waals surface area contributed by atoms with Gasteiger partial charge in [0.1, 0.15) is 24.3 Å². The van der Waals surface area contributed by atoms with Gasteiger partial charge < -0.3 is 25.2 Å². The summed E-state index contributed by atoms with van der Waals surface area (Å²) in [6.07, 6.45) is -0.718. The van der Waals surface area contributed by atoms with Crippen LogP contribution in [0.1, 0.15) is 20.8 Å². The minimum atomic E-state index is -0.718. The van der Waals surface area contributed by atoms with Crippen molar-refractivity contribution < 1.29 is 19.0 Å². The first-order valence-corrected chi connectivity index (χ1v) is 10.4. The lowest BCUT2D eigenvalue weighted by Gasteiger charge is -2.36. The predicted octanol–water partition coefficient (Wildman–Crippen LogP) is 1.48. The van der Waals surface area contributed by atoms with Crippen LogP contribution in [-0.4, -0.2) is 80.7 Å². The number of ether oxygens (including phenoxy) is 2. The van der Waals surface area contributed by atoms with E-state index in [0.29, 0.717) is 36.8 Å². The van der Waals surface area contributed by atoms with Crippen molar-refractivity contribution in [1.82, 2.24) is 15.5 Å². The van der Waals surface area contributed by atoms with E-state index in [1.807, 2.05) is 6.92 Å². The number of nitrogens with zero attached hydrogens (tertiary/aromatic N) is 2. The van der Waals surface area contributed by atoms with Gasteiger partial charge in [0.2, 0.25) is 0 Å². The number of benzene rings is 1. The second-order valence-electron chi connectivity index (χ2n) is 7.48. The Morgan fingerprint density at radius 1 is 1.24 bits per heavy atom. The second kappa shape index (κ2) is 12.6. The Bertz CT molecular complexity index is 606. The van der Waals surface area contributed by atoms with Crippen LogP contribution in [0.15, 0.2) is 29.3 Å². The quantitative estimate of drug-likeness (QED) is 0.401. The fourth-order valence-electron chi connectivity index (χ4n) is 3.18. The summed E-state index contributed by atoms with van der Waals surface area (Å²) in [5.41, 5.74) is 0. The summed E-state index contributed by atoms with van der Waals surface area (Å²) in [5.74, 6) is 1.36. The zero-order valence-corrected chi connectivity index (χ0v) is 17.7.